The highest BCUT2D eigenvalue weighted by molar-refractivity contribution is 5.81. The first kappa shape index (κ1) is 8.11. The van der Waals surface area contributed by atoms with Crippen LogP contribution in [0.2, 0.25) is 0 Å². The third-order valence-electron chi connectivity index (χ3n) is 2.20. The predicted molar refractivity (Wildman–Crippen MR) is 56.1 cm³/mol. The Balaban J connectivity index is 2.19. The van der Waals surface area contributed by atoms with Crippen molar-refractivity contribution in [3.8, 4) is 11.5 Å². The Kier molecular flexibility index (Phi) is 1.56. The Morgan fingerprint density at radius 3 is 2.80 bits per heavy atom. The first-order valence-corrected chi connectivity index (χ1v) is 4.53. The Morgan fingerprint density at radius 2 is 2.07 bits per heavy atom. The SMILES string of the molecule is Nc1nc(-c2cc3ccccc3o2)co1. The largest absolute Gasteiger partial charge is 0.454 e. The zero-order valence-electron chi connectivity index (χ0n) is 7.81. The van der Waals surface area contributed by atoms with Crippen molar-refractivity contribution in [1.82, 2.24) is 4.98 Å². The standard InChI is InChI=1S/C11H8N2O2/c12-11-13-8(6-14-11)10-5-7-3-1-2-4-9(7)15-10/h1-6H,(H2,12,13). The van der Waals surface area contributed by atoms with Crippen LogP contribution in [-0.4, -0.2) is 4.98 Å². The van der Waals surface area contributed by atoms with E-state index >= 15 is 0 Å². The summed E-state index contributed by atoms with van der Waals surface area (Å²) in [4.78, 5) is 3.99. The highest BCUT2D eigenvalue weighted by Gasteiger charge is 2.09. The summed E-state index contributed by atoms with van der Waals surface area (Å²) in [6.45, 7) is 0. The lowest BCUT2D eigenvalue weighted by Gasteiger charge is -1.85. The van der Waals surface area contributed by atoms with Crippen LogP contribution >= 0.6 is 0 Å². The van der Waals surface area contributed by atoms with Crippen molar-refractivity contribution in [2.24, 2.45) is 0 Å². The summed E-state index contributed by atoms with van der Waals surface area (Å²) in [6, 6.07) is 9.82. The Bertz CT molecular complexity index is 577. The van der Waals surface area contributed by atoms with E-state index in [0.717, 1.165) is 11.0 Å². The number of nitrogen functional groups attached to an aromatic ring is 1. The summed E-state index contributed by atoms with van der Waals surface area (Å²) >= 11 is 0. The van der Waals surface area contributed by atoms with Gasteiger partial charge in [0.1, 0.15) is 17.5 Å². The molecule has 0 bridgehead atoms. The molecule has 0 atom stereocenters. The van der Waals surface area contributed by atoms with E-state index in [9.17, 15) is 0 Å². The van der Waals surface area contributed by atoms with Gasteiger partial charge in [0.2, 0.25) is 0 Å². The number of rotatable bonds is 1. The molecular weight excluding hydrogens is 192 g/mol. The summed E-state index contributed by atoms with van der Waals surface area (Å²) in [5.41, 5.74) is 6.83. The summed E-state index contributed by atoms with van der Waals surface area (Å²) in [5, 5.41) is 1.04. The van der Waals surface area contributed by atoms with Gasteiger partial charge in [-0.15, -0.1) is 0 Å². The van der Waals surface area contributed by atoms with E-state index in [1.54, 1.807) is 0 Å². The van der Waals surface area contributed by atoms with Gasteiger partial charge in [-0.2, -0.15) is 4.98 Å². The van der Waals surface area contributed by atoms with Gasteiger partial charge in [0, 0.05) is 5.39 Å². The van der Waals surface area contributed by atoms with Crippen LogP contribution in [-0.2, 0) is 0 Å². The minimum Gasteiger partial charge on any atom is -0.454 e. The molecule has 0 unspecified atom stereocenters. The van der Waals surface area contributed by atoms with E-state index in [1.165, 1.54) is 6.26 Å². The lowest BCUT2D eigenvalue weighted by atomic mass is 10.2. The number of benzene rings is 1. The van der Waals surface area contributed by atoms with Gasteiger partial charge in [0.15, 0.2) is 5.76 Å². The highest BCUT2D eigenvalue weighted by Crippen LogP contribution is 2.27. The topological polar surface area (TPSA) is 65.2 Å². The van der Waals surface area contributed by atoms with E-state index < -0.39 is 0 Å². The zero-order valence-corrected chi connectivity index (χ0v) is 7.81. The second-order valence-electron chi connectivity index (χ2n) is 3.22. The second kappa shape index (κ2) is 2.88. The summed E-state index contributed by atoms with van der Waals surface area (Å²) in [6.07, 6.45) is 1.48. The minimum atomic E-state index is 0.144. The average Bonchev–Trinajstić information content (AvgIpc) is 2.82. The number of fused-ring (bicyclic) bond motifs is 1. The molecule has 3 rings (SSSR count). The van der Waals surface area contributed by atoms with Gasteiger partial charge in [0.05, 0.1) is 0 Å². The van der Waals surface area contributed by atoms with Crippen LogP contribution in [0.25, 0.3) is 22.4 Å². The second-order valence-corrected chi connectivity index (χ2v) is 3.22. The number of oxazole rings is 1. The quantitative estimate of drug-likeness (QED) is 0.655. The molecule has 0 radical (unpaired) electrons. The van der Waals surface area contributed by atoms with Gasteiger partial charge >= 0.3 is 0 Å². The molecule has 4 nitrogen and oxygen atoms in total. The molecule has 0 aliphatic carbocycles. The predicted octanol–water partition coefficient (Wildman–Crippen LogP) is 2.67. The van der Waals surface area contributed by atoms with Gasteiger partial charge in [-0.25, -0.2) is 0 Å². The van der Waals surface area contributed by atoms with Gasteiger partial charge in [-0.05, 0) is 12.1 Å². The van der Waals surface area contributed by atoms with E-state index in [2.05, 4.69) is 4.98 Å². The fourth-order valence-corrected chi connectivity index (χ4v) is 1.51. The van der Waals surface area contributed by atoms with Crippen molar-refractivity contribution in [3.63, 3.8) is 0 Å². The number of aromatic nitrogens is 1. The first-order chi connectivity index (χ1) is 7.33. The van der Waals surface area contributed by atoms with Crippen LogP contribution in [0.1, 0.15) is 0 Å². The van der Waals surface area contributed by atoms with E-state index in [1.807, 2.05) is 30.3 Å². The number of nitrogens with two attached hydrogens (primary N) is 1. The molecule has 1 aromatic carbocycles. The molecule has 2 N–H and O–H groups in total. The van der Waals surface area contributed by atoms with Crippen LogP contribution in [0, 0.1) is 0 Å². The molecular formula is C11H8N2O2. The van der Waals surface area contributed by atoms with Gasteiger partial charge in [-0.1, -0.05) is 18.2 Å². The van der Waals surface area contributed by atoms with E-state index in [4.69, 9.17) is 14.6 Å². The van der Waals surface area contributed by atoms with Crippen molar-refractivity contribution < 1.29 is 8.83 Å². The normalized spacial score (nSPS) is 10.9. The van der Waals surface area contributed by atoms with Gasteiger partial charge in [-0.3, -0.25) is 0 Å². The average molecular weight is 200 g/mol. The first-order valence-electron chi connectivity index (χ1n) is 4.53. The third kappa shape index (κ3) is 1.27. The number of hydrogen-bond acceptors (Lipinski definition) is 4. The molecule has 0 saturated carbocycles. The molecule has 0 spiro atoms. The van der Waals surface area contributed by atoms with Crippen LogP contribution in [0.4, 0.5) is 6.01 Å². The molecule has 0 amide bonds. The lowest BCUT2D eigenvalue weighted by molar-refractivity contribution is 0.579. The van der Waals surface area contributed by atoms with E-state index in [0.29, 0.717) is 11.5 Å². The molecule has 0 fully saturated rings. The molecule has 0 aliphatic heterocycles. The van der Waals surface area contributed by atoms with Crippen molar-refractivity contribution in [2.45, 2.75) is 0 Å². The van der Waals surface area contributed by atoms with Gasteiger partial charge in [0.25, 0.3) is 6.01 Å². The minimum absolute atomic E-state index is 0.144. The Labute approximate surface area is 85.3 Å². The van der Waals surface area contributed by atoms with Crippen LogP contribution < -0.4 is 5.73 Å². The molecule has 2 aromatic heterocycles. The molecule has 3 aromatic rings. The van der Waals surface area contributed by atoms with Crippen LogP contribution in [0.5, 0.6) is 0 Å². The zero-order chi connectivity index (χ0) is 10.3. The highest BCUT2D eigenvalue weighted by atomic mass is 16.4. The maximum atomic E-state index is 5.59. The van der Waals surface area contributed by atoms with Gasteiger partial charge < -0.3 is 14.6 Å². The molecule has 0 aliphatic rings. The lowest BCUT2D eigenvalue weighted by Crippen LogP contribution is -1.82. The summed E-state index contributed by atoms with van der Waals surface area (Å²) in [7, 11) is 0. The maximum absolute atomic E-state index is 5.59. The number of nitrogens with zero attached hydrogens (tertiary/aromatic N) is 1. The number of hydrogen-bond donors (Lipinski definition) is 1. The number of anilines is 1. The Hall–Kier alpha value is -2.23. The fourth-order valence-electron chi connectivity index (χ4n) is 1.51. The number of furan rings is 1. The maximum Gasteiger partial charge on any atom is 0.292 e. The molecule has 0 saturated heterocycles. The summed E-state index contributed by atoms with van der Waals surface area (Å²) < 4.78 is 10.5. The molecule has 15 heavy (non-hydrogen) atoms. The van der Waals surface area contributed by atoms with Crippen molar-refractivity contribution in [2.75, 3.05) is 5.73 Å². The monoisotopic (exact) mass is 200 g/mol. The van der Waals surface area contributed by atoms with E-state index in [-0.39, 0.29) is 6.01 Å². The van der Waals surface area contributed by atoms with Crippen molar-refractivity contribution in [3.05, 3.63) is 36.6 Å². The number of para-hydroxylation sites is 1. The van der Waals surface area contributed by atoms with Crippen molar-refractivity contribution >= 4 is 17.0 Å². The Morgan fingerprint density at radius 1 is 1.20 bits per heavy atom. The van der Waals surface area contributed by atoms with Crippen LogP contribution in [0.15, 0.2) is 45.4 Å². The molecule has 74 valence electrons. The third-order valence-corrected chi connectivity index (χ3v) is 2.20. The fraction of sp³-hybridized carbons (Fsp3) is 0. The smallest absolute Gasteiger partial charge is 0.292 e. The molecule has 2 heterocycles. The summed E-state index contributed by atoms with van der Waals surface area (Å²) in [5.74, 6) is 0.664. The van der Waals surface area contributed by atoms with Crippen molar-refractivity contribution in [1.29, 1.82) is 0 Å². The van der Waals surface area contributed by atoms with Crippen LogP contribution in [0.3, 0.4) is 0 Å². The molecule has 4 heteroatoms.